The van der Waals surface area contributed by atoms with E-state index in [0.29, 0.717) is 12.1 Å². The molecule has 9 heteroatoms. The van der Waals surface area contributed by atoms with Crippen molar-refractivity contribution in [1.82, 2.24) is 9.78 Å². The summed E-state index contributed by atoms with van der Waals surface area (Å²) in [7, 11) is -2.04. The number of aryl methyl sites for hydroxylation is 1. The normalized spacial score (nSPS) is 11.5. The zero-order valence-electron chi connectivity index (χ0n) is 15.1. The quantitative estimate of drug-likeness (QED) is 0.545. The molecule has 2 rings (SSSR count). The van der Waals surface area contributed by atoms with E-state index in [1.54, 1.807) is 13.8 Å². The number of ketones is 1. The summed E-state index contributed by atoms with van der Waals surface area (Å²) in [6, 6.07) is 4.05. The van der Waals surface area contributed by atoms with E-state index in [-0.39, 0.29) is 41.0 Å². The Labute approximate surface area is 152 Å². The molecule has 1 heterocycles. The molecule has 0 spiro atoms. The topological polar surface area (TPSA) is 108 Å². The first-order valence-electron chi connectivity index (χ1n) is 7.97. The third-order valence-electron chi connectivity index (χ3n) is 3.84. The van der Waals surface area contributed by atoms with Crippen LogP contribution in [-0.2, 0) is 21.1 Å². The molecule has 26 heavy (non-hydrogen) atoms. The molecule has 0 aliphatic heterocycles. The molecule has 0 amide bonds. The summed E-state index contributed by atoms with van der Waals surface area (Å²) < 4.78 is 35.9. The third kappa shape index (κ3) is 4.05. The molecule has 0 aliphatic carbocycles. The van der Waals surface area contributed by atoms with Crippen LogP contribution in [0.3, 0.4) is 0 Å². The third-order valence-corrected chi connectivity index (χ3v) is 4.96. The van der Waals surface area contributed by atoms with Crippen molar-refractivity contribution >= 4 is 15.6 Å². The molecule has 2 aromatic rings. The summed E-state index contributed by atoms with van der Waals surface area (Å²) in [6.07, 6.45) is 1.08. The lowest BCUT2D eigenvalue weighted by molar-refractivity contribution is 0.103. The molecule has 0 unspecified atom stereocenters. The molecule has 1 aromatic carbocycles. The van der Waals surface area contributed by atoms with Crippen LogP contribution < -0.4 is 4.74 Å². The molecule has 1 N–H and O–H groups in total. The van der Waals surface area contributed by atoms with E-state index in [1.807, 2.05) is 0 Å². The predicted octanol–water partition coefficient (Wildman–Crippen LogP) is 1.58. The van der Waals surface area contributed by atoms with Crippen LogP contribution >= 0.6 is 0 Å². The Hall–Kier alpha value is -2.39. The summed E-state index contributed by atoms with van der Waals surface area (Å²) in [6.45, 7) is 4.23. The van der Waals surface area contributed by atoms with Crippen LogP contribution in [0.15, 0.2) is 23.1 Å². The van der Waals surface area contributed by atoms with E-state index in [9.17, 15) is 18.3 Å². The number of sulfone groups is 1. The van der Waals surface area contributed by atoms with Gasteiger partial charge < -0.3 is 14.6 Å². The maximum atomic E-state index is 12.8. The first kappa shape index (κ1) is 19.9. The van der Waals surface area contributed by atoms with Gasteiger partial charge in [0.2, 0.25) is 11.7 Å². The van der Waals surface area contributed by atoms with Crippen molar-refractivity contribution in [1.29, 1.82) is 0 Å². The maximum Gasteiger partial charge on any atom is 0.213 e. The fraction of sp³-hybridized carbons (Fsp3) is 0.412. The number of methoxy groups -OCH3 is 1. The number of benzene rings is 1. The highest BCUT2D eigenvalue weighted by molar-refractivity contribution is 7.90. The Morgan fingerprint density at radius 1 is 1.31 bits per heavy atom. The molecule has 0 radical (unpaired) electrons. The number of ether oxygens (including phenoxy) is 2. The number of hydrogen-bond donors (Lipinski definition) is 1. The van der Waals surface area contributed by atoms with Gasteiger partial charge in [0.05, 0.1) is 6.61 Å². The summed E-state index contributed by atoms with van der Waals surface area (Å²) in [5.41, 5.74) is 0.715. The summed E-state index contributed by atoms with van der Waals surface area (Å²) in [5, 5.41) is 13.8. The molecular weight excluding hydrogens is 360 g/mol. The fourth-order valence-corrected chi connectivity index (χ4v) is 3.36. The molecule has 0 aliphatic rings. The lowest BCUT2D eigenvalue weighted by Gasteiger charge is -2.15. The molecule has 1 aromatic heterocycles. The number of nitrogens with zero attached hydrogens (tertiary/aromatic N) is 2. The fourth-order valence-electron chi connectivity index (χ4n) is 2.50. The molecule has 0 saturated heterocycles. The Kier molecular flexibility index (Phi) is 6.04. The second-order valence-corrected chi connectivity index (χ2v) is 7.70. The van der Waals surface area contributed by atoms with Gasteiger partial charge >= 0.3 is 0 Å². The molecular formula is C17H22N2O6S. The summed E-state index contributed by atoms with van der Waals surface area (Å²) in [4.78, 5) is 12.8. The minimum absolute atomic E-state index is 0.00425. The number of aromatic nitrogens is 2. The van der Waals surface area contributed by atoms with Gasteiger partial charge in [0.15, 0.2) is 9.84 Å². The van der Waals surface area contributed by atoms with Crippen LogP contribution in [0, 0.1) is 6.92 Å². The van der Waals surface area contributed by atoms with Gasteiger partial charge in [-0.25, -0.2) is 13.1 Å². The minimum Gasteiger partial charge on any atom is -0.493 e. The van der Waals surface area contributed by atoms with Crippen molar-refractivity contribution in [3.8, 4) is 11.6 Å². The van der Waals surface area contributed by atoms with Crippen LogP contribution in [0.5, 0.6) is 11.6 Å². The second kappa shape index (κ2) is 7.88. The van der Waals surface area contributed by atoms with E-state index in [2.05, 4.69) is 5.10 Å². The van der Waals surface area contributed by atoms with Crippen molar-refractivity contribution in [2.45, 2.75) is 25.3 Å². The lowest BCUT2D eigenvalue weighted by atomic mass is 10.0. The van der Waals surface area contributed by atoms with Gasteiger partial charge in [0, 0.05) is 37.1 Å². The Bertz CT molecular complexity index is 918. The van der Waals surface area contributed by atoms with Crippen LogP contribution in [0.4, 0.5) is 0 Å². The van der Waals surface area contributed by atoms with Gasteiger partial charge in [-0.15, -0.1) is 0 Å². The van der Waals surface area contributed by atoms with Crippen LogP contribution in [0.2, 0.25) is 0 Å². The average Bonchev–Trinajstić information content (AvgIpc) is 2.95. The average molecular weight is 382 g/mol. The van der Waals surface area contributed by atoms with Crippen LogP contribution in [0.25, 0.3) is 0 Å². The molecule has 0 atom stereocenters. The van der Waals surface area contributed by atoms with Gasteiger partial charge in [0.25, 0.3) is 0 Å². The van der Waals surface area contributed by atoms with Crippen molar-refractivity contribution in [2.75, 3.05) is 26.6 Å². The van der Waals surface area contributed by atoms with Crippen molar-refractivity contribution < 1.29 is 27.8 Å². The standard InChI is InChI=1S/C17H22N2O6S/c1-5-19-15(20)10-13(18-19)16(21)12-6-7-14(26(4,22)23)17(11(12)2)25-9-8-24-3/h6-7,10,20H,5,8-9H2,1-4H3. The monoisotopic (exact) mass is 382 g/mol. The second-order valence-electron chi connectivity index (χ2n) is 5.71. The highest BCUT2D eigenvalue weighted by atomic mass is 32.2. The first-order chi connectivity index (χ1) is 12.2. The van der Waals surface area contributed by atoms with E-state index in [1.165, 1.54) is 30.0 Å². The Morgan fingerprint density at radius 2 is 2.00 bits per heavy atom. The van der Waals surface area contributed by atoms with E-state index >= 15 is 0 Å². The lowest BCUT2D eigenvalue weighted by Crippen LogP contribution is -2.13. The number of hydrogen-bond acceptors (Lipinski definition) is 7. The molecule has 0 bridgehead atoms. The van der Waals surface area contributed by atoms with Crippen LogP contribution in [-0.4, -0.2) is 55.7 Å². The number of carbonyl (C=O) groups is 1. The molecule has 8 nitrogen and oxygen atoms in total. The highest BCUT2D eigenvalue weighted by Gasteiger charge is 2.24. The van der Waals surface area contributed by atoms with Crippen LogP contribution in [0.1, 0.15) is 28.5 Å². The minimum atomic E-state index is -3.54. The first-order valence-corrected chi connectivity index (χ1v) is 9.86. The SMILES string of the molecule is CCn1nc(C(=O)c2ccc(S(C)(=O)=O)c(OCCOC)c2C)cc1O. The molecule has 142 valence electrons. The van der Waals surface area contributed by atoms with Gasteiger partial charge in [-0.1, -0.05) is 0 Å². The molecule has 0 fully saturated rings. The van der Waals surface area contributed by atoms with Gasteiger partial charge in [0.1, 0.15) is 22.9 Å². The molecule has 0 saturated carbocycles. The van der Waals surface area contributed by atoms with Gasteiger partial charge in [-0.3, -0.25) is 4.79 Å². The van der Waals surface area contributed by atoms with E-state index in [4.69, 9.17) is 9.47 Å². The number of rotatable bonds is 8. The van der Waals surface area contributed by atoms with Crippen molar-refractivity contribution in [3.05, 3.63) is 35.0 Å². The predicted molar refractivity (Wildman–Crippen MR) is 94.7 cm³/mol. The van der Waals surface area contributed by atoms with Gasteiger partial charge in [-0.2, -0.15) is 5.10 Å². The van der Waals surface area contributed by atoms with Crippen molar-refractivity contribution in [3.63, 3.8) is 0 Å². The van der Waals surface area contributed by atoms with Crippen molar-refractivity contribution in [2.24, 2.45) is 0 Å². The maximum absolute atomic E-state index is 12.8. The Balaban J connectivity index is 2.52. The van der Waals surface area contributed by atoms with E-state index in [0.717, 1.165) is 6.26 Å². The zero-order chi connectivity index (χ0) is 19.5. The number of carbonyl (C=O) groups excluding carboxylic acids is 1. The smallest absolute Gasteiger partial charge is 0.213 e. The van der Waals surface area contributed by atoms with Gasteiger partial charge in [-0.05, 0) is 26.0 Å². The van der Waals surface area contributed by atoms with E-state index < -0.39 is 15.6 Å². The highest BCUT2D eigenvalue weighted by Crippen LogP contribution is 2.32. The number of aromatic hydroxyl groups is 1. The summed E-state index contributed by atoms with van der Waals surface area (Å²) >= 11 is 0. The zero-order valence-corrected chi connectivity index (χ0v) is 16.0. The Morgan fingerprint density at radius 3 is 2.54 bits per heavy atom. The largest absolute Gasteiger partial charge is 0.493 e. The summed E-state index contributed by atoms with van der Waals surface area (Å²) in [5.74, 6) is -0.422.